The molecule has 20 heavy (non-hydrogen) atoms. The van der Waals surface area contributed by atoms with Crippen LogP contribution < -0.4 is 10.1 Å². The van der Waals surface area contributed by atoms with Crippen LogP contribution in [0.15, 0.2) is 24.3 Å². The second kappa shape index (κ2) is 5.54. The quantitative estimate of drug-likeness (QED) is 0.900. The molecular formula is C15H18N2O3. The first-order chi connectivity index (χ1) is 9.76. The molecule has 5 heteroatoms. The Morgan fingerprint density at radius 3 is 3.10 bits per heavy atom. The van der Waals surface area contributed by atoms with Crippen LogP contribution in [0.25, 0.3) is 10.9 Å². The number of benzene rings is 1. The van der Waals surface area contributed by atoms with Gasteiger partial charge in [-0.3, -0.25) is 4.79 Å². The van der Waals surface area contributed by atoms with E-state index in [2.05, 4.69) is 10.3 Å². The summed E-state index contributed by atoms with van der Waals surface area (Å²) in [7, 11) is 1.63. The highest BCUT2D eigenvalue weighted by molar-refractivity contribution is 5.98. The molecule has 2 heterocycles. The number of hydrogen-bond acceptors (Lipinski definition) is 3. The number of amides is 1. The van der Waals surface area contributed by atoms with Crippen LogP contribution in [0.1, 0.15) is 23.3 Å². The molecule has 3 rings (SSSR count). The fourth-order valence-corrected chi connectivity index (χ4v) is 2.47. The van der Waals surface area contributed by atoms with Gasteiger partial charge in [0.25, 0.3) is 5.91 Å². The van der Waals surface area contributed by atoms with Crippen molar-refractivity contribution in [2.75, 3.05) is 20.3 Å². The molecule has 1 fully saturated rings. The number of ether oxygens (including phenoxy) is 2. The van der Waals surface area contributed by atoms with Crippen molar-refractivity contribution in [1.29, 1.82) is 0 Å². The number of hydrogen-bond donors (Lipinski definition) is 2. The molecule has 0 spiro atoms. The third-order valence-electron chi connectivity index (χ3n) is 3.57. The second-order valence-corrected chi connectivity index (χ2v) is 5.02. The van der Waals surface area contributed by atoms with Crippen LogP contribution in [-0.4, -0.2) is 37.3 Å². The van der Waals surface area contributed by atoms with E-state index in [0.717, 1.165) is 36.1 Å². The first kappa shape index (κ1) is 13.0. The van der Waals surface area contributed by atoms with E-state index in [-0.39, 0.29) is 11.9 Å². The number of H-pyrrole nitrogens is 1. The van der Waals surface area contributed by atoms with Gasteiger partial charge in [0.05, 0.1) is 19.8 Å². The maximum atomic E-state index is 12.2. The molecule has 0 unspecified atom stereocenters. The highest BCUT2D eigenvalue weighted by Gasteiger charge is 2.18. The monoisotopic (exact) mass is 274 g/mol. The van der Waals surface area contributed by atoms with Crippen LogP contribution in [0.2, 0.25) is 0 Å². The minimum absolute atomic E-state index is 0.0873. The molecule has 0 radical (unpaired) electrons. The SMILES string of the molecule is COc1ccc2cc(C(=O)N[C@H]3CCCOC3)[nH]c2c1. The molecule has 0 aliphatic carbocycles. The summed E-state index contributed by atoms with van der Waals surface area (Å²) in [6.45, 7) is 1.39. The number of nitrogens with one attached hydrogen (secondary N) is 2. The molecular weight excluding hydrogens is 256 g/mol. The molecule has 1 saturated heterocycles. The Balaban J connectivity index is 1.77. The fourth-order valence-electron chi connectivity index (χ4n) is 2.47. The molecule has 1 atom stereocenters. The molecule has 2 N–H and O–H groups in total. The van der Waals surface area contributed by atoms with Crippen LogP contribution in [0.3, 0.4) is 0 Å². The maximum Gasteiger partial charge on any atom is 0.268 e. The summed E-state index contributed by atoms with van der Waals surface area (Å²) in [5.41, 5.74) is 1.47. The van der Waals surface area contributed by atoms with Gasteiger partial charge in [-0.2, -0.15) is 0 Å². The Labute approximate surface area is 117 Å². The summed E-state index contributed by atoms with van der Waals surface area (Å²) in [5, 5.41) is 3.99. The summed E-state index contributed by atoms with van der Waals surface area (Å²) in [6, 6.07) is 7.67. The van der Waals surface area contributed by atoms with Gasteiger partial charge in [0.1, 0.15) is 11.4 Å². The Hall–Kier alpha value is -2.01. The molecule has 2 aromatic rings. The summed E-state index contributed by atoms with van der Waals surface area (Å²) in [5.74, 6) is 0.683. The minimum Gasteiger partial charge on any atom is -0.497 e. The molecule has 1 amide bonds. The number of fused-ring (bicyclic) bond motifs is 1. The van der Waals surface area contributed by atoms with E-state index in [1.165, 1.54) is 0 Å². The van der Waals surface area contributed by atoms with Crippen molar-refractivity contribution in [1.82, 2.24) is 10.3 Å². The largest absolute Gasteiger partial charge is 0.497 e. The molecule has 0 saturated carbocycles. The highest BCUT2D eigenvalue weighted by Crippen LogP contribution is 2.21. The van der Waals surface area contributed by atoms with E-state index in [9.17, 15) is 4.79 Å². The molecule has 5 nitrogen and oxygen atoms in total. The lowest BCUT2D eigenvalue weighted by molar-refractivity contribution is 0.0622. The molecule has 1 aromatic heterocycles. The predicted octanol–water partition coefficient (Wildman–Crippen LogP) is 2.09. The van der Waals surface area contributed by atoms with Gasteiger partial charge in [0, 0.05) is 23.6 Å². The number of aromatic amines is 1. The van der Waals surface area contributed by atoms with E-state index in [1.807, 2.05) is 24.3 Å². The summed E-state index contributed by atoms with van der Waals surface area (Å²) in [6.07, 6.45) is 1.97. The Morgan fingerprint density at radius 2 is 2.35 bits per heavy atom. The van der Waals surface area contributed by atoms with Crippen molar-refractivity contribution in [2.45, 2.75) is 18.9 Å². The summed E-state index contributed by atoms with van der Waals surface area (Å²) in [4.78, 5) is 15.3. The summed E-state index contributed by atoms with van der Waals surface area (Å²) < 4.78 is 10.5. The summed E-state index contributed by atoms with van der Waals surface area (Å²) >= 11 is 0. The van der Waals surface area contributed by atoms with E-state index >= 15 is 0 Å². The van der Waals surface area contributed by atoms with Crippen LogP contribution >= 0.6 is 0 Å². The van der Waals surface area contributed by atoms with Gasteiger partial charge in [0.15, 0.2) is 0 Å². The van der Waals surface area contributed by atoms with Gasteiger partial charge in [0.2, 0.25) is 0 Å². The standard InChI is InChI=1S/C15H18N2O3/c1-19-12-5-4-10-7-14(17-13(10)8-12)15(18)16-11-3-2-6-20-9-11/h4-5,7-8,11,17H,2-3,6,9H2,1H3,(H,16,18)/t11-/m0/s1. The van der Waals surface area contributed by atoms with Gasteiger partial charge in [-0.15, -0.1) is 0 Å². The lowest BCUT2D eigenvalue weighted by atomic mass is 10.1. The number of aromatic nitrogens is 1. The lowest BCUT2D eigenvalue weighted by Gasteiger charge is -2.22. The molecule has 0 bridgehead atoms. The Bertz CT molecular complexity index is 615. The van der Waals surface area contributed by atoms with E-state index in [4.69, 9.17) is 9.47 Å². The second-order valence-electron chi connectivity index (χ2n) is 5.02. The van der Waals surface area contributed by atoms with Crippen LogP contribution in [-0.2, 0) is 4.74 Å². The lowest BCUT2D eigenvalue weighted by Crippen LogP contribution is -2.40. The van der Waals surface area contributed by atoms with E-state index in [1.54, 1.807) is 7.11 Å². The van der Waals surface area contributed by atoms with Crippen LogP contribution in [0.5, 0.6) is 5.75 Å². The van der Waals surface area contributed by atoms with Crippen molar-refractivity contribution in [3.05, 3.63) is 30.0 Å². The minimum atomic E-state index is -0.0873. The topological polar surface area (TPSA) is 63.4 Å². The first-order valence-corrected chi connectivity index (χ1v) is 6.81. The number of rotatable bonds is 3. The maximum absolute atomic E-state index is 12.2. The highest BCUT2D eigenvalue weighted by atomic mass is 16.5. The molecule has 1 aromatic carbocycles. The van der Waals surface area contributed by atoms with Crippen molar-refractivity contribution >= 4 is 16.8 Å². The smallest absolute Gasteiger partial charge is 0.268 e. The number of carbonyl (C=O) groups is 1. The zero-order chi connectivity index (χ0) is 13.9. The third kappa shape index (κ3) is 2.63. The van der Waals surface area contributed by atoms with Crippen LogP contribution in [0, 0.1) is 0 Å². The van der Waals surface area contributed by atoms with Gasteiger partial charge < -0.3 is 19.8 Å². The van der Waals surface area contributed by atoms with Crippen molar-refractivity contribution in [2.24, 2.45) is 0 Å². The van der Waals surface area contributed by atoms with Gasteiger partial charge in [-0.25, -0.2) is 0 Å². The molecule has 1 aliphatic heterocycles. The number of carbonyl (C=O) groups excluding carboxylic acids is 1. The third-order valence-corrected chi connectivity index (χ3v) is 3.57. The van der Waals surface area contributed by atoms with Crippen molar-refractivity contribution in [3.63, 3.8) is 0 Å². The van der Waals surface area contributed by atoms with E-state index < -0.39 is 0 Å². The zero-order valence-electron chi connectivity index (χ0n) is 11.4. The van der Waals surface area contributed by atoms with Gasteiger partial charge in [-0.05, 0) is 31.0 Å². The van der Waals surface area contributed by atoms with Crippen molar-refractivity contribution < 1.29 is 14.3 Å². The first-order valence-electron chi connectivity index (χ1n) is 6.81. The normalized spacial score (nSPS) is 18.9. The fraction of sp³-hybridized carbons (Fsp3) is 0.400. The zero-order valence-corrected chi connectivity index (χ0v) is 11.4. The average molecular weight is 274 g/mol. The van der Waals surface area contributed by atoms with Gasteiger partial charge in [-0.1, -0.05) is 0 Å². The van der Waals surface area contributed by atoms with Crippen LogP contribution in [0.4, 0.5) is 0 Å². The predicted molar refractivity (Wildman–Crippen MR) is 76.2 cm³/mol. The van der Waals surface area contributed by atoms with Crippen molar-refractivity contribution in [3.8, 4) is 5.75 Å². The number of methoxy groups -OCH3 is 1. The Kier molecular flexibility index (Phi) is 3.60. The molecule has 1 aliphatic rings. The average Bonchev–Trinajstić information content (AvgIpc) is 2.91. The Morgan fingerprint density at radius 1 is 1.45 bits per heavy atom. The van der Waals surface area contributed by atoms with Gasteiger partial charge >= 0.3 is 0 Å². The molecule has 106 valence electrons. The van der Waals surface area contributed by atoms with E-state index in [0.29, 0.717) is 12.3 Å².